The van der Waals surface area contributed by atoms with Gasteiger partial charge in [-0.25, -0.2) is 0 Å². The molecule has 0 heterocycles. The molecule has 144 valence electrons. The molecule has 0 radical (unpaired) electrons. The quantitative estimate of drug-likeness (QED) is 0.516. The summed E-state index contributed by atoms with van der Waals surface area (Å²) in [5.74, 6) is -0.271. The molecular formula is C21H16Cl3NO3. The molecule has 4 nitrogen and oxygen atoms in total. The zero-order chi connectivity index (χ0) is 20.3. The van der Waals surface area contributed by atoms with Crippen LogP contribution in [0, 0.1) is 0 Å². The monoisotopic (exact) mass is 435 g/mol. The molecule has 0 aliphatic carbocycles. The predicted molar refractivity (Wildman–Crippen MR) is 113 cm³/mol. The lowest BCUT2D eigenvalue weighted by molar-refractivity contribution is 0.102. The van der Waals surface area contributed by atoms with Crippen molar-refractivity contribution in [2.45, 2.75) is 6.10 Å². The SMILES string of the molecule is COc1c(Cl)cc(Cl)cc1C(=O)Nc1ccc(Cl)cc1C(O)c1ccccc1. The fraction of sp³-hybridized carbons (Fsp3) is 0.0952. The van der Waals surface area contributed by atoms with Gasteiger partial charge in [0.2, 0.25) is 0 Å². The van der Waals surface area contributed by atoms with E-state index in [0.29, 0.717) is 26.9 Å². The molecule has 7 heteroatoms. The first-order valence-corrected chi connectivity index (χ1v) is 9.41. The van der Waals surface area contributed by atoms with Crippen molar-refractivity contribution < 1.29 is 14.6 Å². The lowest BCUT2D eigenvalue weighted by Crippen LogP contribution is -2.16. The van der Waals surface area contributed by atoms with Gasteiger partial charge in [0.05, 0.1) is 17.7 Å². The van der Waals surface area contributed by atoms with Gasteiger partial charge in [0.1, 0.15) is 11.9 Å². The van der Waals surface area contributed by atoms with E-state index in [1.54, 1.807) is 30.3 Å². The molecule has 28 heavy (non-hydrogen) atoms. The van der Waals surface area contributed by atoms with Crippen molar-refractivity contribution in [3.63, 3.8) is 0 Å². The first-order chi connectivity index (χ1) is 13.4. The Morgan fingerprint density at radius 2 is 1.71 bits per heavy atom. The van der Waals surface area contributed by atoms with E-state index < -0.39 is 12.0 Å². The Morgan fingerprint density at radius 3 is 2.39 bits per heavy atom. The first kappa shape index (κ1) is 20.5. The predicted octanol–water partition coefficient (Wildman–Crippen LogP) is 5.99. The van der Waals surface area contributed by atoms with E-state index >= 15 is 0 Å². The van der Waals surface area contributed by atoms with Crippen LogP contribution in [-0.4, -0.2) is 18.1 Å². The van der Waals surface area contributed by atoms with Gasteiger partial charge in [-0.05, 0) is 35.9 Å². The van der Waals surface area contributed by atoms with E-state index in [2.05, 4.69) is 5.32 Å². The zero-order valence-electron chi connectivity index (χ0n) is 14.7. The number of aliphatic hydroxyl groups excluding tert-OH is 1. The van der Waals surface area contributed by atoms with Gasteiger partial charge in [0, 0.05) is 21.3 Å². The van der Waals surface area contributed by atoms with Crippen LogP contribution in [0.25, 0.3) is 0 Å². The molecule has 0 aliphatic heterocycles. The number of benzene rings is 3. The lowest BCUT2D eigenvalue weighted by atomic mass is 9.99. The van der Waals surface area contributed by atoms with Crippen LogP contribution in [0.4, 0.5) is 5.69 Å². The molecule has 0 saturated carbocycles. The zero-order valence-corrected chi connectivity index (χ0v) is 17.0. The first-order valence-electron chi connectivity index (χ1n) is 8.27. The summed E-state index contributed by atoms with van der Waals surface area (Å²) in [7, 11) is 1.42. The van der Waals surface area contributed by atoms with Crippen molar-refractivity contribution in [2.24, 2.45) is 0 Å². The molecule has 1 atom stereocenters. The van der Waals surface area contributed by atoms with E-state index in [1.807, 2.05) is 18.2 Å². The highest BCUT2D eigenvalue weighted by atomic mass is 35.5. The topological polar surface area (TPSA) is 58.6 Å². The summed E-state index contributed by atoms with van der Waals surface area (Å²) >= 11 is 18.3. The number of halogens is 3. The van der Waals surface area contributed by atoms with Gasteiger partial charge >= 0.3 is 0 Å². The second-order valence-corrected chi connectivity index (χ2v) is 7.25. The van der Waals surface area contributed by atoms with Crippen LogP contribution < -0.4 is 10.1 Å². The number of amides is 1. The summed E-state index contributed by atoms with van der Waals surface area (Å²) in [4.78, 5) is 12.9. The van der Waals surface area contributed by atoms with Gasteiger partial charge in [-0.15, -0.1) is 0 Å². The highest BCUT2D eigenvalue weighted by Crippen LogP contribution is 2.34. The van der Waals surface area contributed by atoms with Crippen LogP contribution in [-0.2, 0) is 0 Å². The van der Waals surface area contributed by atoms with Gasteiger partial charge in [0.15, 0.2) is 0 Å². The maximum absolute atomic E-state index is 12.9. The van der Waals surface area contributed by atoms with E-state index in [4.69, 9.17) is 39.5 Å². The van der Waals surface area contributed by atoms with Crippen LogP contribution in [0.1, 0.15) is 27.6 Å². The minimum absolute atomic E-state index is 0.176. The van der Waals surface area contributed by atoms with Crippen molar-refractivity contribution >= 4 is 46.4 Å². The number of ether oxygens (including phenoxy) is 1. The van der Waals surface area contributed by atoms with Crippen LogP contribution in [0.2, 0.25) is 15.1 Å². The summed E-state index contributed by atoms with van der Waals surface area (Å²) in [6.07, 6.45) is -0.972. The number of carbonyl (C=O) groups is 1. The normalized spacial score (nSPS) is 11.8. The Morgan fingerprint density at radius 1 is 1.00 bits per heavy atom. The van der Waals surface area contributed by atoms with Crippen LogP contribution in [0.5, 0.6) is 5.75 Å². The summed E-state index contributed by atoms with van der Waals surface area (Å²) in [6.45, 7) is 0. The largest absolute Gasteiger partial charge is 0.494 e. The van der Waals surface area contributed by atoms with Gasteiger partial charge < -0.3 is 15.2 Å². The Labute approximate surface area is 177 Å². The van der Waals surface area contributed by atoms with Crippen LogP contribution >= 0.6 is 34.8 Å². The number of carbonyl (C=O) groups excluding carboxylic acids is 1. The lowest BCUT2D eigenvalue weighted by Gasteiger charge is -2.18. The summed E-state index contributed by atoms with van der Waals surface area (Å²) in [6, 6.07) is 16.9. The third-order valence-electron chi connectivity index (χ3n) is 4.13. The maximum Gasteiger partial charge on any atom is 0.259 e. The van der Waals surface area contributed by atoms with E-state index in [-0.39, 0.29) is 16.3 Å². The number of hydrogen-bond donors (Lipinski definition) is 2. The molecule has 0 spiro atoms. The Bertz CT molecular complexity index is 1010. The molecule has 1 amide bonds. The molecule has 0 aliphatic rings. The smallest absolute Gasteiger partial charge is 0.259 e. The van der Waals surface area contributed by atoms with Crippen molar-refractivity contribution in [1.82, 2.24) is 0 Å². The molecule has 3 rings (SSSR count). The van der Waals surface area contributed by atoms with E-state index in [9.17, 15) is 9.90 Å². The number of methoxy groups -OCH3 is 1. The Hall–Kier alpha value is -2.24. The average molecular weight is 437 g/mol. The van der Waals surface area contributed by atoms with Gasteiger partial charge in [0.25, 0.3) is 5.91 Å². The van der Waals surface area contributed by atoms with E-state index in [0.717, 1.165) is 0 Å². The molecule has 3 aromatic rings. The third kappa shape index (κ3) is 4.42. The average Bonchev–Trinajstić information content (AvgIpc) is 2.68. The second-order valence-electron chi connectivity index (χ2n) is 5.97. The number of rotatable bonds is 5. The maximum atomic E-state index is 12.9. The van der Waals surface area contributed by atoms with Gasteiger partial charge in [-0.1, -0.05) is 65.1 Å². The third-order valence-corrected chi connectivity index (χ3v) is 4.86. The fourth-order valence-electron chi connectivity index (χ4n) is 2.81. The van der Waals surface area contributed by atoms with Crippen LogP contribution in [0.15, 0.2) is 60.7 Å². The standard InChI is InChI=1S/C21H16Cl3NO3/c1-28-20-16(10-14(23)11-17(20)24)21(27)25-18-8-7-13(22)9-15(18)19(26)12-5-3-2-4-6-12/h2-11,19,26H,1H3,(H,25,27). The Kier molecular flexibility index (Phi) is 6.47. The molecule has 0 aromatic heterocycles. The number of hydrogen-bond acceptors (Lipinski definition) is 3. The number of anilines is 1. The molecule has 3 aromatic carbocycles. The van der Waals surface area contributed by atoms with E-state index in [1.165, 1.54) is 19.2 Å². The van der Waals surface area contributed by atoms with Crippen molar-refractivity contribution in [2.75, 3.05) is 12.4 Å². The molecule has 1 unspecified atom stereocenters. The fourth-order valence-corrected chi connectivity index (χ4v) is 3.57. The van der Waals surface area contributed by atoms with Crippen molar-refractivity contribution in [1.29, 1.82) is 0 Å². The molecular weight excluding hydrogens is 421 g/mol. The number of nitrogens with one attached hydrogen (secondary N) is 1. The molecule has 0 bridgehead atoms. The minimum atomic E-state index is -0.972. The van der Waals surface area contributed by atoms with Crippen molar-refractivity contribution in [3.05, 3.63) is 92.4 Å². The number of aliphatic hydroxyl groups is 1. The summed E-state index contributed by atoms with van der Waals surface area (Å²) in [5, 5.41) is 14.5. The van der Waals surface area contributed by atoms with Crippen LogP contribution in [0.3, 0.4) is 0 Å². The highest BCUT2D eigenvalue weighted by Gasteiger charge is 2.20. The molecule has 0 fully saturated rings. The second kappa shape index (κ2) is 8.84. The van der Waals surface area contributed by atoms with Gasteiger partial charge in [-0.2, -0.15) is 0 Å². The molecule has 0 saturated heterocycles. The van der Waals surface area contributed by atoms with Gasteiger partial charge in [-0.3, -0.25) is 4.79 Å². The van der Waals surface area contributed by atoms with Crippen molar-refractivity contribution in [3.8, 4) is 5.75 Å². The minimum Gasteiger partial charge on any atom is -0.494 e. The highest BCUT2D eigenvalue weighted by molar-refractivity contribution is 6.36. The summed E-state index contributed by atoms with van der Waals surface area (Å²) in [5.41, 5.74) is 1.71. The molecule has 2 N–H and O–H groups in total. The summed E-state index contributed by atoms with van der Waals surface area (Å²) < 4.78 is 5.23. The Balaban J connectivity index is 1.99.